The smallest absolute Gasteiger partial charge is 0.121 e. The second-order valence-electron chi connectivity index (χ2n) is 5.35. The highest BCUT2D eigenvalue weighted by Gasteiger charge is 2.27. The number of aliphatic hydroxyl groups excluding tert-OH is 1. The van der Waals surface area contributed by atoms with Gasteiger partial charge < -0.3 is 9.67 Å². The molecule has 1 fully saturated rings. The molecule has 3 rings (SSSR count). The van der Waals surface area contributed by atoms with E-state index in [0.717, 1.165) is 24.1 Å². The van der Waals surface area contributed by atoms with Crippen LogP contribution in [0.2, 0.25) is 0 Å². The van der Waals surface area contributed by atoms with Gasteiger partial charge in [-0.2, -0.15) is 0 Å². The van der Waals surface area contributed by atoms with Crippen molar-refractivity contribution in [1.82, 2.24) is 9.55 Å². The summed E-state index contributed by atoms with van der Waals surface area (Å²) >= 11 is 0. The van der Waals surface area contributed by atoms with Gasteiger partial charge in [0.15, 0.2) is 0 Å². The molecule has 1 aliphatic carbocycles. The Bertz CT molecular complexity index is 540. The van der Waals surface area contributed by atoms with Crippen LogP contribution in [0.25, 0.3) is 0 Å². The van der Waals surface area contributed by atoms with Crippen molar-refractivity contribution in [3.8, 4) is 0 Å². The maximum absolute atomic E-state index is 10.5. The summed E-state index contributed by atoms with van der Waals surface area (Å²) < 4.78 is 2.12. The third-order valence-electron chi connectivity index (χ3n) is 3.75. The maximum atomic E-state index is 10.5. The first kappa shape index (κ1) is 12.4. The highest BCUT2D eigenvalue weighted by atomic mass is 16.3. The van der Waals surface area contributed by atoms with Crippen molar-refractivity contribution in [1.29, 1.82) is 0 Å². The van der Waals surface area contributed by atoms with Crippen LogP contribution in [0.4, 0.5) is 0 Å². The van der Waals surface area contributed by atoms with Crippen LogP contribution in [0.3, 0.4) is 0 Å². The quantitative estimate of drug-likeness (QED) is 0.891. The molecule has 19 heavy (non-hydrogen) atoms. The summed E-state index contributed by atoms with van der Waals surface area (Å²) in [6, 6.07) is 8.83. The lowest BCUT2D eigenvalue weighted by molar-refractivity contribution is 0.210. The number of aromatic nitrogens is 2. The molecule has 100 valence electrons. The molecule has 0 bridgehead atoms. The lowest BCUT2D eigenvalue weighted by Crippen LogP contribution is -2.07. The second-order valence-corrected chi connectivity index (χ2v) is 5.35. The predicted molar refractivity (Wildman–Crippen MR) is 75.0 cm³/mol. The molecule has 0 saturated heterocycles. The van der Waals surface area contributed by atoms with E-state index in [0.29, 0.717) is 6.04 Å². The lowest BCUT2D eigenvalue weighted by atomic mass is 10.0. The zero-order chi connectivity index (χ0) is 13.2. The first-order valence-corrected chi connectivity index (χ1v) is 7.08. The summed E-state index contributed by atoms with van der Waals surface area (Å²) in [4.78, 5) is 4.18. The Morgan fingerprint density at radius 1 is 1.32 bits per heavy atom. The van der Waals surface area contributed by atoms with Gasteiger partial charge in [0.2, 0.25) is 0 Å². The minimum atomic E-state index is -0.571. The summed E-state index contributed by atoms with van der Waals surface area (Å²) in [5.41, 5.74) is 3.18. The molecule has 1 aromatic carbocycles. The predicted octanol–water partition coefficient (Wildman–Crippen LogP) is 3.25. The molecule has 0 amide bonds. The molecule has 1 N–H and O–H groups in total. The monoisotopic (exact) mass is 256 g/mol. The van der Waals surface area contributed by atoms with Crippen LogP contribution in [0.5, 0.6) is 0 Å². The van der Waals surface area contributed by atoms with Gasteiger partial charge in [-0.05, 0) is 30.4 Å². The minimum Gasteiger partial charge on any atom is -0.382 e. The molecule has 3 heteroatoms. The molecule has 1 aromatic heterocycles. The Labute approximate surface area is 113 Å². The third-order valence-corrected chi connectivity index (χ3v) is 3.75. The Morgan fingerprint density at radius 2 is 2.05 bits per heavy atom. The number of aryl methyl sites for hydroxylation is 1. The fourth-order valence-corrected chi connectivity index (χ4v) is 2.51. The number of hydrogen-bond donors (Lipinski definition) is 1. The highest BCUT2D eigenvalue weighted by molar-refractivity contribution is 5.29. The Kier molecular flexibility index (Phi) is 3.38. The number of aliphatic hydroxyl groups is 1. The number of hydrogen-bond acceptors (Lipinski definition) is 2. The van der Waals surface area contributed by atoms with E-state index >= 15 is 0 Å². The van der Waals surface area contributed by atoms with E-state index in [1.807, 2.05) is 18.5 Å². The standard InChI is InChI=1S/C16H20N2O/c1-2-3-12-4-6-13(7-5-12)16(19)15-10-17-11-18(15)14-8-9-14/h4-7,10-11,14,16,19H,2-3,8-9H2,1H3. The van der Waals surface area contributed by atoms with Crippen LogP contribution in [0, 0.1) is 0 Å². The molecule has 2 aromatic rings. The summed E-state index contributed by atoms with van der Waals surface area (Å²) in [6.07, 6.45) is 7.69. The summed E-state index contributed by atoms with van der Waals surface area (Å²) in [5.74, 6) is 0. The topological polar surface area (TPSA) is 38.1 Å². The molecule has 1 aliphatic rings. The van der Waals surface area contributed by atoms with Crippen molar-refractivity contribution in [3.05, 3.63) is 53.6 Å². The van der Waals surface area contributed by atoms with Gasteiger partial charge in [-0.1, -0.05) is 37.6 Å². The average molecular weight is 256 g/mol. The number of imidazole rings is 1. The minimum absolute atomic E-state index is 0.548. The zero-order valence-electron chi connectivity index (χ0n) is 11.3. The molecule has 0 radical (unpaired) electrons. The van der Waals surface area contributed by atoms with Crippen LogP contribution in [-0.4, -0.2) is 14.7 Å². The lowest BCUT2D eigenvalue weighted by Gasteiger charge is -2.14. The van der Waals surface area contributed by atoms with E-state index < -0.39 is 6.10 Å². The fraction of sp³-hybridized carbons (Fsp3) is 0.438. The van der Waals surface area contributed by atoms with Gasteiger partial charge in [-0.15, -0.1) is 0 Å². The summed E-state index contributed by atoms with van der Waals surface area (Å²) in [5, 5.41) is 10.5. The maximum Gasteiger partial charge on any atom is 0.121 e. The molecule has 0 spiro atoms. The second kappa shape index (κ2) is 5.17. The van der Waals surface area contributed by atoms with Crippen molar-refractivity contribution in [3.63, 3.8) is 0 Å². The van der Waals surface area contributed by atoms with Crippen molar-refractivity contribution in [2.75, 3.05) is 0 Å². The Hall–Kier alpha value is -1.61. The third kappa shape index (κ3) is 2.56. The number of benzene rings is 1. The van der Waals surface area contributed by atoms with E-state index in [1.165, 1.54) is 18.4 Å². The SMILES string of the molecule is CCCc1ccc(C(O)c2cncn2C2CC2)cc1. The van der Waals surface area contributed by atoms with Gasteiger partial charge >= 0.3 is 0 Å². The molecule has 0 aliphatic heterocycles. The number of nitrogens with zero attached hydrogens (tertiary/aromatic N) is 2. The van der Waals surface area contributed by atoms with Crippen LogP contribution in [-0.2, 0) is 6.42 Å². The Morgan fingerprint density at radius 3 is 2.68 bits per heavy atom. The first-order valence-electron chi connectivity index (χ1n) is 7.08. The highest BCUT2D eigenvalue weighted by Crippen LogP contribution is 2.37. The Balaban J connectivity index is 1.82. The molecular weight excluding hydrogens is 236 g/mol. The van der Waals surface area contributed by atoms with Gasteiger partial charge in [0.25, 0.3) is 0 Å². The van der Waals surface area contributed by atoms with Crippen molar-refractivity contribution in [2.24, 2.45) is 0 Å². The van der Waals surface area contributed by atoms with Gasteiger partial charge in [0.1, 0.15) is 6.10 Å². The normalized spacial score (nSPS) is 16.5. The van der Waals surface area contributed by atoms with Gasteiger partial charge in [0, 0.05) is 6.04 Å². The molecular formula is C16H20N2O. The van der Waals surface area contributed by atoms with Crippen LogP contribution in [0.15, 0.2) is 36.8 Å². The van der Waals surface area contributed by atoms with E-state index in [9.17, 15) is 5.11 Å². The molecule has 1 atom stereocenters. The van der Waals surface area contributed by atoms with Gasteiger partial charge in [0.05, 0.1) is 18.2 Å². The fourth-order valence-electron chi connectivity index (χ4n) is 2.51. The van der Waals surface area contributed by atoms with E-state index in [2.05, 4.69) is 28.6 Å². The van der Waals surface area contributed by atoms with Crippen LogP contribution in [0.1, 0.15) is 55.2 Å². The summed E-state index contributed by atoms with van der Waals surface area (Å²) in [7, 11) is 0. The molecule has 1 unspecified atom stereocenters. The molecule has 1 heterocycles. The van der Waals surface area contributed by atoms with E-state index in [1.54, 1.807) is 6.20 Å². The van der Waals surface area contributed by atoms with Gasteiger partial charge in [-0.25, -0.2) is 4.98 Å². The van der Waals surface area contributed by atoms with Crippen molar-refractivity contribution < 1.29 is 5.11 Å². The molecule has 3 nitrogen and oxygen atoms in total. The average Bonchev–Trinajstić information content (AvgIpc) is 3.17. The molecule has 1 saturated carbocycles. The number of rotatable bonds is 5. The zero-order valence-corrected chi connectivity index (χ0v) is 11.3. The first-order chi connectivity index (χ1) is 9.29. The van der Waals surface area contributed by atoms with Crippen molar-refractivity contribution >= 4 is 0 Å². The van der Waals surface area contributed by atoms with Crippen LogP contribution >= 0.6 is 0 Å². The van der Waals surface area contributed by atoms with E-state index in [-0.39, 0.29) is 0 Å². The van der Waals surface area contributed by atoms with E-state index in [4.69, 9.17) is 0 Å². The van der Waals surface area contributed by atoms with Gasteiger partial charge in [-0.3, -0.25) is 0 Å². The largest absolute Gasteiger partial charge is 0.382 e. The van der Waals surface area contributed by atoms with Crippen LogP contribution < -0.4 is 0 Å². The summed E-state index contributed by atoms with van der Waals surface area (Å²) in [6.45, 7) is 2.18. The van der Waals surface area contributed by atoms with Crippen molar-refractivity contribution in [2.45, 2.75) is 44.8 Å².